The molecule has 25 heavy (non-hydrogen) atoms. The lowest BCUT2D eigenvalue weighted by Crippen LogP contribution is -2.24. The van der Waals surface area contributed by atoms with Crippen LogP contribution in [0.25, 0.3) is 0 Å². The normalized spacial score (nSPS) is 14.3. The van der Waals surface area contributed by atoms with Crippen molar-refractivity contribution in [1.29, 1.82) is 0 Å². The second kappa shape index (κ2) is 17.4. The van der Waals surface area contributed by atoms with Gasteiger partial charge in [0.05, 0.1) is 0 Å². The number of allylic oxidation sites excluding steroid dienone is 2. The molecule has 0 radical (unpaired) electrons. The molecule has 2 rings (SSSR count). The predicted octanol–water partition coefficient (Wildman–Crippen LogP) is 7.47. The number of hydrogen-bond donors (Lipinski definition) is 0. The fourth-order valence-corrected chi connectivity index (χ4v) is 2.47. The molecule has 0 aromatic heterocycles. The molecule has 1 aliphatic carbocycles. The van der Waals surface area contributed by atoms with E-state index in [0.717, 1.165) is 13.0 Å². The zero-order valence-electron chi connectivity index (χ0n) is 17.1. The van der Waals surface area contributed by atoms with Crippen molar-refractivity contribution in [2.24, 2.45) is 0 Å². The summed E-state index contributed by atoms with van der Waals surface area (Å²) in [5.74, 6) is -0.131. The van der Waals surface area contributed by atoms with Crippen LogP contribution in [0.15, 0.2) is 49.6 Å². The Morgan fingerprint density at radius 2 is 1.48 bits per heavy atom. The fraction of sp³-hybridized carbons (Fsp3) is 0.565. The van der Waals surface area contributed by atoms with Crippen LogP contribution in [0, 0.1) is 5.82 Å². The SMILES string of the molecule is C=CC.C=CCC.CC1(c2ccc(F)cc2)CCCCC1.CCOC. The van der Waals surface area contributed by atoms with Crippen LogP contribution in [0.4, 0.5) is 4.39 Å². The van der Waals surface area contributed by atoms with Crippen LogP contribution in [-0.4, -0.2) is 13.7 Å². The first-order valence-electron chi connectivity index (χ1n) is 9.38. The summed E-state index contributed by atoms with van der Waals surface area (Å²) >= 11 is 0. The molecule has 1 fully saturated rings. The summed E-state index contributed by atoms with van der Waals surface area (Å²) in [4.78, 5) is 0. The Kier molecular flexibility index (Phi) is 18.0. The molecule has 1 aromatic carbocycles. The highest BCUT2D eigenvalue weighted by Gasteiger charge is 2.28. The third-order valence-electron chi connectivity index (χ3n) is 4.08. The van der Waals surface area contributed by atoms with Crippen molar-refractivity contribution in [3.63, 3.8) is 0 Å². The molecule has 1 aromatic rings. The number of methoxy groups -OCH3 is 1. The predicted molar refractivity (Wildman–Crippen MR) is 111 cm³/mol. The Balaban J connectivity index is 0. The topological polar surface area (TPSA) is 9.23 Å². The molecule has 0 aliphatic heterocycles. The summed E-state index contributed by atoms with van der Waals surface area (Å²) in [6, 6.07) is 7.05. The van der Waals surface area contributed by atoms with Crippen LogP contribution < -0.4 is 0 Å². The van der Waals surface area contributed by atoms with Gasteiger partial charge in [-0.3, -0.25) is 0 Å². The maximum atomic E-state index is 12.8. The molecule has 144 valence electrons. The molecule has 0 amide bonds. The second-order valence-corrected chi connectivity index (χ2v) is 6.31. The van der Waals surface area contributed by atoms with Crippen molar-refractivity contribution in [3.05, 3.63) is 61.0 Å². The van der Waals surface area contributed by atoms with Crippen molar-refractivity contribution in [3.8, 4) is 0 Å². The van der Waals surface area contributed by atoms with Gasteiger partial charge in [0.2, 0.25) is 0 Å². The van der Waals surface area contributed by atoms with E-state index in [2.05, 4.69) is 31.7 Å². The summed E-state index contributed by atoms with van der Waals surface area (Å²) in [6.07, 6.45) is 11.2. The van der Waals surface area contributed by atoms with Gasteiger partial charge in [-0.1, -0.05) is 57.4 Å². The van der Waals surface area contributed by atoms with E-state index in [-0.39, 0.29) is 5.82 Å². The molecular weight excluding hydrogens is 311 g/mol. The highest BCUT2D eigenvalue weighted by molar-refractivity contribution is 5.25. The van der Waals surface area contributed by atoms with Crippen molar-refractivity contribution in [2.75, 3.05) is 13.7 Å². The molecule has 0 saturated heterocycles. The highest BCUT2D eigenvalue weighted by Crippen LogP contribution is 2.38. The molecular formula is C23H39FO. The van der Waals surface area contributed by atoms with Crippen molar-refractivity contribution < 1.29 is 9.13 Å². The lowest BCUT2D eigenvalue weighted by Gasteiger charge is -2.34. The molecule has 0 bridgehead atoms. The fourth-order valence-electron chi connectivity index (χ4n) is 2.47. The van der Waals surface area contributed by atoms with Crippen molar-refractivity contribution in [2.45, 2.75) is 71.6 Å². The average molecular weight is 351 g/mol. The molecule has 1 saturated carbocycles. The highest BCUT2D eigenvalue weighted by atomic mass is 19.1. The first-order chi connectivity index (χ1) is 11.9. The average Bonchev–Trinajstić information content (AvgIpc) is 2.64. The van der Waals surface area contributed by atoms with E-state index < -0.39 is 0 Å². The van der Waals surface area contributed by atoms with Gasteiger partial charge in [0.25, 0.3) is 0 Å². The van der Waals surface area contributed by atoms with Crippen LogP contribution in [-0.2, 0) is 10.2 Å². The van der Waals surface area contributed by atoms with E-state index >= 15 is 0 Å². The van der Waals surface area contributed by atoms with Crippen molar-refractivity contribution >= 4 is 0 Å². The molecule has 0 N–H and O–H groups in total. The summed E-state index contributed by atoms with van der Waals surface area (Å²) < 4.78 is 17.3. The smallest absolute Gasteiger partial charge is 0.123 e. The largest absolute Gasteiger partial charge is 0.385 e. The minimum Gasteiger partial charge on any atom is -0.385 e. The Labute approximate surface area is 156 Å². The monoisotopic (exact) mass is 350 g/mol. The first kappa shape index (κ1) is 25.8. The molecule has 0 atom stereocenters. The van der Waals surface area contributed by atoms with Gasteiger partial charge in [-0.05, 0) is 56.2 Å². The quantitative estimate of drug-likeness (QED) is 0.513. The summed E-state index contributed by atoms with van der Waals surface area (Å²) in [7, 11) is 1.68. The number of halogens is 1. The Morgan fingerprint density at radius 3 is 1.80 bits per heavy atom. The van der Waals surface area contributed by atoms with E-state index in [1.807, 2.05) is 32.1 Å². The van der Waals surface area contributed by atoms with E-state index in [1.54, 1.807) is 25.3 Å². The Hall–Kier alpha value is -1.41. The molecule has 0 unspecified atom stereocenters. The molecule has 1 nitrogen and oxygen atoms in total. The molecule has 2 heteroatoms. The van der Waals surface area contributed by atoms with Gasteiger partial charge >= 0.3 is 0 Å². The van der Waals surface area contributed by atoms with Gasteiger partial charge in [0, 0.05) is 13.7 Å². The molecule has 1 aliphatic rings. The maximum Gasteiger partial charge on any atom is 0.123 e. The standard InChI is InChI=1S/C13H17F.C4H8.C3H8O.C3H6/c1-13(9-3-2-4-10-13)11-5-7-12(14)8-6-11;2*1-3-4-2;1-3-2/h5-8H,2-4,9-10H2,1H3;3H,1,4H2,2H3;3H2,1-2H3;3H,1H2,2H3. The van der Waals surface area contributed by atoms with Gasteiger partial charge in [0.15, 0.2) is 0 Å². The number of benzene rings is 1. The molecule has 0 heterocycles. The Morgan fingerprint density at radius 1 is 1.08 bits per heavy atom. The lowest BCUT2D eigenvalue weighted by atomic mass is 9.71. The second-order valence-electron chi connectivity index (χ2n) is 6.31. The minimum atomic E-state index is -0.131. The van der Waals surface area contributed by atoms with Gasteiger partial charge in [-0.25, -0.2) is 4.39 Å². The van der Waals surface area contributed by atoms with Crippen LogP contribution >= 0.6 is 0 Å². The van der Waals surface area contributed by atoms with Gasteiger partial charge in [0.1, 0.15) is 5.82 Å². The van der Waals surface area contributed by atoms with E-state index in [1.165, 1.54) is 37.7 Å². The third kappa shape index (κ3) is 13.5. The number of rotatable bonds is 3. The van der Waals surface area contributed by atoms with Gasteiger partial charge < -0.3 is 4.74 Å². The maximum absolute atomic E-state index is 12.8. The zero-order chi connectivity index (χ0) is 19.6. The lowest BCUT2D eigenvalue weighted by molar-refractivity contribution is 0.215. The van der Waals surface area contributed by atoms with Crippen LogP contribution in [0.3, 0.4) is 0 Å². The number of ether oxygens (including phenoxy) is 1. The summed E-state index contributed by atoms with van der Waals surface area (Å²) in [5, 5.41) is 0. The summed E-state index contributed by atoms with van der Waals surface area (Å²) in [6.45, 7) is 15.9. The van der Waals surface area contributed by atoms with Gasteiger partial charge in [-0.2, -0.15) is 0 Å². The van der Waals surface area contributed by atoms with Crippen LogP contribution in [0.1, 0.15) is 71.8 Å². The Bertz CT molecular complexity index is 414. The zero-order valence-corrected chi connectivity index (χ0v) is 17.1. The molecule has 0 spiro atoms. The first-order valence-corrected chi connectivity index (χ1v) is 9.38. The van der Waals surface area contributed by atoms with E-state index in [4.69, 9.17) is 0 Å². The van der Waals surface area contributed by atoms with Crippen LogP contribution in [0.5, 0.6) is 0 Å². The van der Waals surface area contributed by atoms with E-state index in [9.17, 15) is 4.39 Å². The van der Waals surface area contributed by atoms with E-state index in [0.29, 0.717) is 5.41 Å². The number of hydrogen-bond acceptors (Lipinski definition) is 1. The van der Waals surface area contributed by atoms with Gasteiger partial charge in [-0.15, -0.1) is 13.2 Å². The van der Waals surface area contributed by atoms with Crippen LogP contribution in [0.2, 0.25) is 0 Å². The summed E-state index contributed by atoms with van der Waals surface area (Å²) in [5.41, 5.74) is 1.60. The third-order valence-corrected chi connectivity index (χ3v) is 4.08. The van der Waals surface area contributed by atoms with Crippen molar-refractivity contribution in [1.82, 2.24) is 0 Å². The minimum absolute atomic E-state index is 0.131.